The van der Waals surface area contributed by atoms with Crippen molar-refractivity contribution in [2.24, 2.45) is 0 Å². The average molecular weight is 224 g/mol. The fraction of sp³-hybridized carbons (Fsp3) is 1.00. The highest BCUT2D eigenvalue weighted by atomic mass is 32.3. The lowest BCUT2D eigenvalue weighted by molar-refractivity contribution is 0.104. The van der Waals surface area contributed by atoms with Crippen molar-refractivity contribution >= 4 is 20.2 Å². The second-order valence-corrected chi connectivity index (χ2v) is 5.61. The topological polar surface area (TPSA) is 77.5 Å². The molecule has 0 bridgehead atoms. The molecule has 0 saturated carbocycles. The van der Waals surface area contributed by atoms with Crippen LogP contribution in [0.1, 0.15) is 6.92 Å². The molecule has 0 rings (SSSR count). The molecule has 0 amide bonds. The average Bonchev–Trinajstić information content (AvgIpc) is 1.52. The second-order valence-electron chi connectivity index (χ2n) is 2.03. The summed E-state index contributed by atoms with van der Waals surface area (Å²) in [6, 6.07) is 0. The van der Waals surface area contributed by atoms with Gasteiger partial charge in [0.1, 0.15) is 0 Å². The zero-order chi connectivity index (χ0) is 10.2. The van der Waals surface area contributed by atoms with Gasteiger partial charge in [-0.15, -0.1) is 3.63 Å². The summed E-state index contributed by atoms with van der Waals surface area (Å²) in [7, 11) is -9.81. The fourth-order valence-electron chi connectivity index (χ4n) is 0.222. The molecule has 5 nitrogen and oxygen atoms in total. The van der Waals surface area contributed by atoms with Crippen LogP contribution in [0.4, 0.5) is 8.78 Å². The standard InChI is InChI=1S/C3H6F2O5S2/c1-3(4,5)12(8,9)10-11(2,6)7/h1-2H3. The molecule has 0 aromatic carbocycles. The predicted molar refractivity (Wildman–Crippen MR) is 35.5 cm³/mol. The lowest BCUT2D eigenvalue weighted by atomic mass is 10.9. The fourth-order valence-corrected chi connectivity index (χ4v) is 2.00. The van der Waals surface area contributed by atoms with Gasteiger partial charge in [-0.05, 0) is 0 Å². The molecule has 0 spiro atoms. The first-order valence-electron chi connectivity index (χ1n) is 2.49. The van der Waals surface area contributed by atoms with Crippen LogP contribution in [0.5, 0.6) is 0 Å². The molecule has 0 unspecified atom stereocenters. The van der Waals surface area contributed by atoms with E-state index in [9.17, 15) is 25.6 Å². The van der Waals surface area contributed by atoms with Crippen LogP contribution >= 0.6 is 0 Å². The maximum Gasteiger partial charge on any atom is 0.368 e. The van der Waals surface area contributed by atoms with Crippen LogP contribution in [0, 0.1) is 0 Å². The maximum absolute atomic E-state index is 12.1. The monoisotopic (exact) mass is 224 g/mol. The van der Waals surface area contributed by atoms with Crippen molar-refractivity contribution in [1.29, 1.82) is 0 Å². The van der Waals surface area contributed by atoms with Crippen molar-refractivity contribution in [3.05, 3.63) is 0 Å². The Bertz CT molecular complexity index is 347. The van der Waals surface area contributed by atoms with Crippen molar-refractivity contribution in [2.45, 2.75) is 12.2 Å². The summed E-state index contributed by atoms with van der Waals surface area (Å²) in [5, 5.41) is -4.23. The van der Waals surface area contributed by atoms with Crippen molar-refractivity contribution < 1.29 is 29.2 Å². The number of halogens is 2. The lowest BCUT2D eigenvalue weighted by Crippen LogP contribution is -2.28. The molecule has 0 saturated heterocycles. The molecule has 0 aromatic heterocycles. The Balaban J connectivity index is 4.96. The number of rotatable bonds is 3. The molecule has 12 heavy (non-hydrogen) atoms. The van der Waals surface area contributed by atoms with Gasteiger partial charge in [0.05, 0.1) is 6.26 Å². The normalized spacial score (nSPS) is 14.7. The van der Waals surface area contributed by atoms with Gasteiger partial charge in [0, 0.05) is 6.92 Å². The Labute approximate surface area is 68.6 Å². The van der Waals surface area contributed by atoms with E-state index in [0.29, 0.717) is 6.26 Å². The molecule has 0 aliphatic carbocycles. The minimum Gasteiger partial charge on any atom is -0.199 e. The van der Waals surface area contributed by atoms with Crippen LogP contribution < -0.4 is 0 Å². The Morgan fingerprint density at radius 3 is 1.58 bits per heavy atom. The van der Waals surface area contributed by atoms with Gasteiger partial charge in [0.2, 0.25) is 0 Å². The molecule has 0 aromatic rings. The summed E-state index contributed by atoms with van der Waals surface area (Å²) in [6.45, 7) is 0.0213. The third kappa shape index (κ3) is 3.41. The quantitative estimate of drug-likeness (QED) is 0.669. The first kappa shape index (κ1) is 11.7. The van der Waals surface area contributed by atoms with Crippen LogP contribution in [-0.2, 0) is 23.9 Å². The van der Waals surface area contributed by atoms with E-state index in [1.54, 1.807) is 0 Å². The van der Waals surface area contributed by atoms with Gasteiger partial charge in [-0.2, -0.15) is 25.6 Å². The van der Waals surface area contributed by atoms with E-state index in [1.807, 2.05) is 0 Å². The number of alkyl halides is 2. The van der Waals surface area contributed by atoms with Gasteiger partial charge in [0.15, 0.2) is 0 Å². The molecule has 9 heteroatoms. The molecule has 0 heterocycles. The van der Waals surface area contributed by atoms with E-state index < -0.39 is 25.5 Å². The van der Waals surface area contributed by atoms with E-state index in [2.05, 4.69) is 3.63 Å². The Hall–Kier alpha value is -0.280. The third-order valence-electron chi connectivity index (χ3n) is 0.652. The second kappa shape index (κ2) is 2.89. The Morgan fingerprint density at radius 2 is 1.50 bits per heavy atom. The summed E-state index contributed by atoms with van der Waals surface area (Å²) < 4.78 is 68.2. The predicted octanol–water partition coefficient (Wildman–Crippen LogP) is -0.0949. The molecule has 0 radical (unpaired) electrons. The summed E-state index contributed by atoms with van der Waals surface area (Å²) in [5.74, 6) is 0. The largest absolute Gasteiger partial charge is 0.368 e. The zero-order valence-electron chi connectivity index (χ0n) is 6.11. The van der Waals surface area contributed by atoms with Crippen LogP contribution in [0.2, 0.25) is 0 Å². The lowest BCUT2D eigenvalue weighted by Gasteiger charge is -2.08. The van der Waals surface area contributed by atoms with Crippen LogP contribution in [0.15, 0.2) is 0 Å². The highest BCUT2D eigenvalue weighted by Crippen LogP contribution is 2.23. The highest BCUT2D eigenvalue weighted by molar-refractivity contribution is 8.00. The molecular weight excluding hydrogens is 218 g/mol. The van der Waals surface area contributed by atoms with Gasteiger partial charge in [-0.1, -0.05) is 0 Å². The van der Waals surface area contributed by atoms with Crippen LogP contribution in [0.25, 0.3) is 0 Å². The van der Waals surface area contributed by atoms with E-state index in [1.165, 1.54) is 0 Å². The number of hydrogen-bond donors (Lipinski definition) is 0. The first-order chi connectivity index (χ1) is 4.96. The smallest absolute Gasteiger partial charge is 0.199 e. The van der Waals surface area contributed by atoms with E-state index in [-0.39, 0.29) is 6.92 Å². The Kier molecular flexibility index (Phi) is 2.82. The van der Waals surface area contributed by atoms with Crippen LogP contribution in [0.3, 0.4) is 0 Å². The SMILES string of the molecule is CC(F)(F)S(=O)(=O)OS(C)(=O)=O. The molecule has 0 atom stereocenters. The molecule has 0 fully saturated rings. The summed E-state index contributed by atoms with van der Waals surface area (Å²) in [6.07, 6.45) is 0.357. The molecule has 0 aliphatic heterocycles. The molecule has 74 valence electrons. The number of hydrogen-bond acceptors (Lipinski definition) is 5. The van der Waals surface area contributed by atoms with Gasteiger partial charge in [-0.3, -0.25) is 0 Å². The summed E-state index contributed by atoms with van der Waals surface area (Å²) >= 11 is 0. The molecule has 0 aliphatic rings. The van der Waals surface area contributed by atoms with Gasteiger partial charge >= 0.3 is 15.4 Å². The van der Waals surface area contributed by atoms with E-state index in [4.69, 9.17) is 0 Å². The minimum atomic E-state index is -5.38. The van der Waals surface area contributed by atoms with Crippen molar-refractivity contribution in [1.82, 2.24) is 0 Å². The molecular formula is C3H6F2O5S2. The minimum absolute atomic E-state index is 0.0213. The van der Waals surface area contributed by atoms with Gasteiger partial charge in [-0.25, -0.2) is 0 Å². The first-order valence-corrected chi connectivity index (χ1v) is 5.72. The van der Waals surface area contributed by atoms with Gasteiger partial charge in [0.25, 0.3) is 10.1 Å². The maximum atomic E-state index is 12.1. The van der Waals surface area contributed by atoms with Crippen molar-refractivity contribution in [2.75, 3.05) is 6.26 Å². The van der Waals surface area contributed by atoms with Crippen molar-refractivity contribution in [3.8, 4) is 0 Å². The summed E-state index contributed by atoms with van der Waals surface area (Å²) in [5.41, 5.74) is 0. The molecule has 0 N–H and O–H groups in total. The third-order valence-corrected chi connectivity index (χ3v) is 3.24. The van der Waals surface area contributed by atoms with Gasteiger partial charge < -0.3 is 0 Å². The van der Waals surface area contributed by atoms with Crippen LogP contribution in [-0.4, -0.2) is 28.3 Å². The Morgan fingerprint density at radius 1 is 1.17 bits per heavy atom. The highest BCUT2D eigenvalue weighted by Gasteiger charge is 2.43. The van der Waals surface area contributed by atoms with E-state index in [0.717, 1.165) is 0 Å². The van der Waals surface area contributed by atoms with E-state index >= 15 is 0 Å². The zero-order valence-corrected chi connectivity index (χ0v) is 7.75. The van der Waals surface area contributed by atoms with Crippen molar-refractivity contribution in [3.63, 3.8) is 0 Å². The summed E-state index contributed by atoms with van der Waals surface area (Å²) in [4.78, 5) is 0.